The molecule has 0 radical (unpaired) electrons. The average molecular weight is 227 g/mol. The summed E-state index contributed by atoms with van der Waals surface area (Å²) in [4.78, 5) is 4.42. The second kappa shape index (κ2) is 6.18. The summed E-state index contributed by atoms with van der Waals surface area (Å²) < 4.78 is 2.20. The van der Waals surface area contributed by atoms with Gasteiger partial charge in [-0.15, -0.1) is 0 Å². The predicted octanol–water partition coefficient (Wildman–Crippen LogP) is 2.31. The van der Waals surface area contributed by atoms with Crippen LogP contribution in [0.15, 0.2) is 12.4 Å². The van der Waals surface area contributed by atoms with Crippen LogP contribution >= 0.6 is 11.8 Å². The summed E-state index contributed by atoms with van der Waals surface area (Å²) >= 11 is 1.97. The van der Waals surface area contributed by atoms with Gasteiger partial charge in [0.1, 0.15) is 5.82 Å². The van der Waals surface area contributed by atoms with Crippen molar-refractivity contribution in [2.75, 3.05) is 12.8 Å². The van der Waals surface area contributed by atoms with Crippen molar-refractivity contribution in [2.45, 2.75) is 38.6 Å². The van der Waals surface area contributed by atoms with Crippen LogP contribution in [0.5, 0.6) is 0 Å². The molecule has 0 aliphatic heterocycles. The minimum absolute atomic E-state index is 0.354. The number of nitrogens with zero attached hydrogens (tertiary/aromatic N) is 2. The van der Waals surface area contributed by atoms with Crippen LogP contribution in [-0.4, -0.2) is 27.6 Å². The molecule has 86 valence electrons. The van der Waals surface area contributed by atoms with Crippen molar-refractivity contribution in [1.82, 2.24) is 14.9 Å². The van der Waals surface area contributed by atoms with Crippen molar-refractivity contribution < 1.29 is 0 Å². The zero-order valence-corrected chi connectivity index (χ0v) is 10.8. The lowest BCUT2D eigenvalue weighted by atomic mass is 10.3. The van der Waals surface area contributed by atoms with Crippen LogP contribution in [0.3, 0.4) is 0 Å². The molecule has 0 bridgehead atoms. The molecule has 0 saturated carbocycles. The topological polar surface area (TPSA) is 29.9 Å². The van der Waals surface area contributed by atoms with E-state index in [0.29, 0.717) is 11.3 Å². The normalized spacial score (nSPS) is 13.4. The molecule has 1 atom stereocenters. The maximum Gasteiger partial charge on any atom is 0.126 e. The highest BCUT2D eigenvalue weighted by molar-refractivity contribution is 7.99. The summed E-state index contributed by atoms with van der Waals surface area (Å²) in [6.45, 7) is 7.58. The molecule has 3 nitrogen and oxygen atoms in total. The SMILES string of the molecule is CCn1ccnc1C(CSC(C)C)NC. The molecule has 1 heterocycles. The number of nitrogens with one attached hydrogen (secondary N) is 1. The molecule has 4 heteroatoms. The quantitative estimate of drug-likeness (QED) is 0.809. The van der Waals surface area contributed by atoms with Gasteiger partial charge in [-0.25, -0.2) is 4.98 Å². The molecule has 1 rings (SSSR count). The lowest BCUT2D eigenvalue weighted by Gasteiger charge is -2.17. The first-order valence-electron chi connectivity index (χ1n) is 5.48. The maximum atomic E-state index is 4.42. The fraction of sp³-hybridized carbons (Fsp3) is 0.727. The van der Waals surface area contributed by atoms with Crippen molar-refractivity contribution in [3.63, 3.8) is 0 Å². The molecule has 1 aromatic rings. The number of rotatable bonds is 6. The summed E-state index contributed by atoms with van der Waals surface area (Å²) in [5.41, 5.74) is 0. The van der Waals surface area contributed by atoms with Gasteiger partial charge in [0, 0.05) is 24.7 Å². The molecule has 1 aromatic heterocycles. The zero-order chi connectivity index (χ0) is 11.3. The Labute approximate surface area is 96.7 Å². The highest BCUT2D eigenvalue weighted by Gasteiger charge is 2.14. The second-order valence-electron chi connectivity index (χ2n) is 3.79. The van der Waals surface area contributed by atoms with E-state index in [0.717, 1.165) is 18.1 Å². The van der Waals surface area contributed by atoms with Gasteiger partial charge in [-0.05, 0) is 19.2 Å². The molecule has 0 aromatic carbocycles. The molecule has 0 fully saturated rings. The van der Waals surface area contributed by atoms with Crippen LogP contribution < -0.4 is 5.32 Å². The van der Waals surface area contributed by atoms with Crippen molar-refractivity contribution in [3.8, 4) is 0 Å². The van der Waals surface area contributed by atoms with Crippen LogP contribution in [0.2, 0.25) is 0 Å². The third-order valence-electron chi connectivity index (χ3n) is 2.34. The van der Waals surface area contributed by atoms with Gasteiger partial charge in [-0.2, -0.15) is 11.8 Å². The Balaban J connectivity index is 2.65. The molecule has 0 aliphatic carbocycles. The molecule has 0 saturated heterocycles. The van der Waals surface area contributed by atoms with E-state index in [1.54, 1.807) is 0 Å². The lowest BCUT2D eigenvalue weighted by molar-refractivity contribution is 0.570. The fourth-order valence-electron chi connectivity index (χ4n) is 1.47. The monoisotopic (exact) mass is 227 g/mol. The standard InChI is InChI=1S/C11H21N3S/c1-5-14-7-6-13-11(14)10(12-4)8-15-9(2)3/h6-7,9-10,12H,5,8H2,1-4H3. The van der Waals surface area contributed by atoms with Crippen LogP contribution in [0.25, 0.3) is 0 Å². The second-order valence-corrected chi connectivity index (χ2v) is 5.40. The molecule has 0 aliphatic rings. The summed E-state index contributed by atoms with van der Waals surface area (Å²) in [5.74, 6) is 2.22. The van der Waals surface area contributed by atoms with Crippen molar-refractivity contribution >= 4 is 11.8 Å². The lowest BCUT2D eigenvalue weighted by Crippen LogP contribution is -2.23. The van der Waals surface area contributed by atoms with Gasteiger partial charge in [-0.1, -0.05) is 13.8 Å². The molecular weight excluding hydrogens is 206 g/mol. The summed E-state index contributed by atoms with van der Waals surface area (Å²) in [5, 5.41) is 4.00. The highest BCUT2D eigenvalue weighted by atomic mass is 32.2. The van der Waals surface area contributed by atoms with Crippen LogP contribution in [0.1, 0.15) is 32.6 Å². The third-order valence-corrected chi connectivity index (χ3v) is 3.54. The minimum Gasteiger partial charge on any atom is -0.334 e. The Morgan fingerprint density at radius 3 is 2.80 bits per heavy atom. The maximum absolute atomic E-state index is 4.42. The van der Waals surface area contributed by atoms with Gasteiger partial charge >= 0.3 is 0 Å². The smallest absolute Gasteiger partial charge is 0.126 e. The van der Waals surface area contributed by atoms with Crippen LogP contribution in [0.4, 0.5) is 0 Å². The molecule has 15 heavy (non-hydrogen) atoms. The van der Waals surface area contributed by atoms with Gasteiger partial charge in [0.25, 0.3) is 0 Å². The first kappa shape index (κ1) is 12.6. The largest absolute Gasteiger partial charge is 0.334 e. The average Bonchev–Trinajstić information content (AvgIpc) is 2.66. The Bertz CT molecular complexity index is 283. The highest BCUT2D eigenvalue weighted by Crippen LogP contribution is 2.19. The van der Waals surface area contributed by atoms with Gasteiger partial charge in [0.15, 0.2) is 0 Å². The molecule has 0 amide bonds. The van der Waals surface area contributed by atoms with E-state index in [9.17, 15) is 0 Å². The third kappa shape index (κ3) is 3.54. The van der Waals surface area contributed by atoms with E-state index < -0.39 is 0 Å². The van der Waals surface area contributed by atoms with Crippen LogP contribution in [-0.2, 0) is 6.54 Å². The van der Waals surface area contributed by atoms with Crippen molar-refractivity contribution in [3.05, 3.63) is 18.2 Å². The zero-order valence-electron chi connectivity index (χ0n) is 10.0. The number of imidazole rings is 1. The summed E-state index contributed by atoms with van der Waals surface area (Å²) in [7, 11) is 2.00. The predicted molar refractivity (Wildman–Crippen MR) is 67.3 cm³/mol. The molecule has 1 unspecified atom stereocenters. The number of aryl methyl sites for hydroxylation is 1. The Morgan fingerprint density at radius 2 is 2.27 bits per heavy atom. The molecule has 0 spiro atoms. The number of aromatic nitrogens is 2. The van der Waals surface area contributed by atoms with E-state index in [1.165, 1.54) is 0 Å². The van der Waals surface area contributed by atoms with E-state index in [2.05, 4.69) is 35.6 Å². The molecular formula is C11H21N3S. The van der Waals surface area contributed by atoms with Gasteiger partial charge in [0.05, 0.1) is 6.04 Å². The Morgan fingerprint density at radius 1 is 1.53 bits per heavy atom. The van der Waals surface area contributed by atoms with E-state index >= 15 is 0 Å². The van der Waals surface area contributed by atoms with Gasteiger partial charge in [0.2, 0.25) is 0 Å². The first-order valence-corrected chi connectivity index (χ1v) is 6.53. The van der Waals surface area contributed by atoms with E-state index in [-0.39, 0.29) is 0 Å². The van der Waals surface area contributed by atoms with E-state index in [4.69, 9.17) is 0 Å². The Kier molecular flexibility index (Phi) is 5.19. The van der Waals surface area contributed by atoms with Crippen molar-refractivity contribution in [1.29, 1.82) is 0 Å². The number of hydrogen-bond donors (Lipinski definition) is 1. The van der Waals surface area contributed by atoms with E-state index in [1.807, 2.05) is 31.2 Å². The van der Waals surface area contributed by atoms with Gasteiger partial charge < -0.3 is 9.88 Å². The summed E-state index contributed by atoms with van der Waals surface area (Å²) in [6.07, 6.45) is 3.92. The number of thioether (sulfide) groups is 1. The fourth-order valence-corrected chi connectivity index (χ4v) is 2.37. The molecule has 1 N–H and O–H groups in total. The first-order chi connectivity index (χ1) is 7.19. The summed E-state index contributed by atoms with van der Waals surface area (Å²) in [6, 6.07) is 0.354. The van der Waals surface area contributed by atoms with Crippen molar-refractivity contribution in [2.24, 2.45) is 0 Å². The number of hydrogen-bond acceptors (Lipinski definition) is 3. The minimum atomic E-state index is 0.354. The Hall–Kier alpha value is -0.480. The van der Waals surface area contributed by atoms with Gasteiger partial charge in [-0.3, -0.25) is 0 Å². The van der Waals surface area contributed by atoms with Crippen LogP contribution in [0, 0.1) is 0 Å².